The van der Waals surface area contributed by atoms with E-state index in [1.165, 1.54) is 38.8 Å². The summed E-state index contributed by atoms with van der Waals surface area (Å²) in [5.74, 6) is 3.11. The highest BCUT2D eigenvalue weighted by Crippen LogP contribution is 2.21. The minimum atomic E-state index is 0.752. The largest absolute Gasteiger partial charge is 0.463 e. The Morgan fingerprint density at radius 3 is 2.61 bits per heavy atom. The molecule has 1 saturated heterocycles. The maximum atomic E-state index is 5.89. The molecule has 1 saturated carbocycles. The zero-order valence-corrected chi connectivity index (χ0v) is 11.3. The summed E-state index contributed by atoms with van der Waals surface area (Å²) in [6, 6.07) is 5.02. The highest BCUT2D eigenvalue weighted by Gasteiger charge is 2.21. The molecule has 0 radical (unpaired) electrons. The van der Waals surface area contributed by atoms with Gasteiger partial charge < -0.3 is 9.73 Å². The molecule has 3 heteroatoms. The molecule has 2 heterocycles. The summed E-state index contributed by atoms with van der Waals surface area (Å²) < 4.78 is 5.89. The van der Waals surface area contributed by atoms with E-state index in [1.807, 2.05) is 0 Å². The number of hydrogen-bond acceptors (Lipinski definition) is 3. The first-order valence-corrected chi connectivity index (χ1v) is 7.33. The number of rotatable bonds is 5. The molecule has 0 amide bonds. The summed E-state index contributed by atoms with van der Waals surface area (Å²) in [7, 11) is 0. The molecule has 0 unspecified atom stereocenters. The lowest BCUT2D eigenvalue weighted by Gasteiger charge is -2.29. The molecule has 1 N–H and O–H groups in total. The SMILES string of the molecule is CC1CCN(Cc2ccc(CNC3CC3)o2)CC1. The van der Waals surface area contributed by atoms with Gasteiger partial charge in [0.25, 0.3) is 0 Å². The Bertz CT molecular complexity index is 376. The van der Waals surface area contributed by atoms with Crippen molar-refractivity contribution >= 4 is 0 Å². The Balaban J connectivity index is 1.46. The average molecular weight is 248 g/mol. The third-order valence-corrected chi connectivity index (χ3v) is 4.12. The van der Waals surface area contributed by atoms with Gasteiger partial charge in [0.1, 0.15) is 11.5 Å². The fraction of sp³-hybridized carbons (Fsp3) is 0.733. The summed E-state index contributed by atoms with van der Waals surface area (Å²) in [4.78, 5) is 2.51. The second-order valence-corrected chi connectivity index (χ2v) is 5.98. The third-order valence-electron chi connectivity index (χ3n) is 4.12. The summed E-state index contributed by atoms with van der Waals surface area (Å²) in [6.07, 6.45) is 5.33. The number of likely N-dealkylation sites (tertiary alicyclic amines) is 1. The van der Waals surface area contributed by atoms with Crippen molar-refractivity contribution in [2.24, 2.45) is 5.92 Å². The van der Waals surface area contributed by atoms with E-state index in [1.54, 1.807) is 0 Å². The van der Waals surface area contributed by atoms with Crippen molar-refractivity contribution in [1.82, 2.24) is 10.2 Å². The molecular formula is C15H24N2O. The molecule has 1 aromatic heterocycles. The molecular weight excluding hydrogens is 224 g/mol. The van der Waals surface area contributed by atoms with Crippen LogP contribution in [0.2, 0.25) is 0 Å². The number of hydrogen-bond donors (Lipinski definition) is 1. The van der Waals surface area contributed by atoms with Gasteiger partial charge in [0.15, 0.2) is 0 Å². The van der Waals surface area contributed by atoms with Crippen molar-refractivity contribution < 1.29 is 4.42 Å². The van der Waals surface area contributed by atoms with E-state index in [0.29, 0.717) is 0 Å². The molecule has 3 rings (SSSR count). The summed E-state index contributed by atoms with van der Waals surface area (Å²) in [5, 5.41) is 3.49. The molecule has 0 spiro atoms. The van der Waals surface area contributed by atoms with Gasteiger partial charge in [-0.3, -0.25) is 4.90 Å². The van der Waals surface area contributed by atoms with Crippen molar-refractivity contribution in [3.63, 3.8) is 0 Å². The summed E-state index contributed by atoms with van der Waals surface area (Å²) in [6.45, 7) is 6.67. The third kappa shape index (κ3) is 3.36. The van der Waals surface area contributed by atoms with Crippen molar-refractivity contribution in [3.8, 4) is 0 Å². The van der Waals surface area contributed by atoms with Gasteiger partial charge in [-0.05, 0) is 56.8 Å². The van der Waals surface area contributed by atoms with Crippen LogP contribution in [0, 0.1) is 5.92 Å². The predicted molar refractivity (Wildman–Crippen MR) is 72.2 cm³/mol. The smallest absolute Gasteiger partial charge is 0.118 e. The lowest BCUT2D eigenvalue weighted by molar-refractivity contribution is 0.172. The lowest BCUT2D eigenvalue weighted by Crippen LogP contribution is -2.32. The van der Waals surface area contributed by atoms with Crippen LogP contribution in [-0.4, -0.2) is 24.0 Å². The first-order valence-electron chi connectivity index (χ1n) is 7.33. The molecule has 1 aromatic rings. The Labute approximate surface area is 110 Å². The van der Waals surface area contributed by atoms with E-state index in [0.717, 1.165) is 36.6 Å². The Kier molecular flexibility index (Phi) is 3.71. The van der Waals surface area contributed by atoms with Crippen LogP contribution < -0.4 is 5.32 Å². The zero-order chi connectivity index (χ0) is 12.4. The number of nitrogens with zero attached hydrogens (tertiary/aromatic N) is 1. The van der Waals surface area contributed by atoms with Gasteiger partial charge in [-0.1, -0.05) is 6.92 Å². The monoisotopic (exact) mass is 248 g/mol. The van der Waals surface area contributed by atoms with Crippen LogP contribution in [0.3, 0.4) is 0 Å². The van der Waals surface area contributed by atoms with Gasteiger partial charge in [-0.15, -0.1) is 0 Å². The van der Waals surface area contributed by atoms with Crippen LogP contribution in [0.1, 0.15) is 44.1 Å². The Morgan fingerprint density at radius 2 is 1.89 bits per heavy atom. The van der Waals surface area contributed by atoms with E-state index in [2.05, 4.69) is 29.3 Å². The molecule has 2 fully saturated rings. The molecule has 1 aliphatic heterocycles. The van der Waals surface area contributed by atoms with Crippen molar-refractivity contribution in [2.45, 2.75) is 51.7 Å². The van der Waals surface area contributed by atoms with Crippen LogP contribution in [0.4, 0.5) is 0 Å². The second kappa shape index (κ2) is 5.45. The van der Waals surface area contributed by atoms with Gasteiger partial charge in [-0.25, -0.2) is 0 Å². The van der Waals surface area contributed by atoms with E-state index < -0.39 is 0 Å². The first kappa shape index (κ1) is 12.2. The minimum Gasteiger partial charge on any atom is -0.463 e. The zero-order valence-electron chi connectivity index (χ0n) is 11.3. The van der Waals surface area contributed by atoms with Crippen molar-refractivity contribution in [2.75, 3.05) is 13.1 Å². The standard InChI is InChI=1S/C15H24N2O/c1-12-6-8-17(9-7-12)11-15-5-4-14(18-15)10-16-13-2-3-13/h4-5,12-13,16H,2-3,6-11H2,1H3. The maximum absolute atomic E-state index is 5.89. The van der Waals surface area contributed by atoms with Crippen LogP contribution in [0.25, 0.3) is 0 Å². The molecule has 100 valence electrons. The van der Waals surface area contributed by atoms with E-state index in [4.69, 9.17) is 4.42 Å². The van der Waals surface area contributed by atoms with E-state index in [-0.39, 0.29) is 0 Å². The topological polar surface area (TPSA) is 28.4 Å². The molecule has 0 bridgehead atoms. The number of nitrogens with one attached hydrogen (secondary N) is 1. The van der Waals surface area contributed by atoms with E-state index in [9.17, 15) is 0 Å². The number of piperidine rings is 1. The normalized spacial score (nSPS) is 22.5. The van der Waals surface area contributed by atoms with Crippen molar-refractivity contribution in [1.29, 1.82) is 0 Å². The molecule has 0 atom stereocenters. The maximum Gasteiger partial charge on any atom is 0.118 e. The number of furan rings is 1. The highest BCUT2D eigenvalue weighted by atomic mass is 16.3. The van der Waals surface area contributed by atoms with Crippen LogP contribution in [-0.2, 0) is 13.1 Å². The summed E-state index contributed by atoms with van der Waals surface area (Å²) >= 11 is 0. The Hall–Kier alpha value is -0.800. The average Bonchev–Trinajstić information content (AvgIpc) is 3.10. The predicted octanol–water partition coefficient (Wildman–Crippen LogP) is 2.76. The summed E-state index contributed by atoms with van der Waals surface area (Å²) in [5.41, 5.74) is 0. The van der Waals surface area contributed by atoms with Crippen molar-refractivity contribution in [3.05, 3.63) is 23.7 Å². The molecule has 18 heavy (non-hydrogen) atoms. The second-order valence-electron chi connectivity index (χ2n) is 5.98. The van der Waals surface area contributed by atoms with Gasteiger partial charge >= 0.3 is 0 Å². The van der Waals surface area contributed by atoms with Gasteiger partial charge in [-0.2, -0.15) is 0 Å². The highest BCUT2D eigenvalue weighted by molar-refractivity contribution is 5.07. The molecule has 3 nitrogen and oxygen atoms in total. The molecule has 2 aliphatic rings. The fourth-order valence-corrected chi connectivity index (χ4v) is 2.58. The molecule has 0 aromatic carbocycles. The molecule has 1 aliphatic carbocycles. The first-order chi connectivity index (χ1) is 8.79. The quantitative estimate of drug-likeness (QED) is 0.868. The Morgan fingerprint density at radius 1 is 1.17 bits per heavy atom. The van der Waals surface area contributed by atoms with Crippen LogP contribution in [0.5, 0.6) is 0 Å². The van der Waals surface area contributed by atoms with E-state index >= 15 is 0 Å². The van der Waals surface area contributed by atoms with Crippen LogP contribution in [0.15, 0.2) is 16.5 Å². The fourth-order valence-electron chi connectivity index (χ4n) is 2.58. The van der Waals surface area contributed by atoms with Gasteiger partial charge in [0, 0.05) is 6.04 Å². The minimum absolute atomic E-state index is 0.752. The lowest BCUT2D eigenvalue weighted by atomic mass is 9.99. The van der Waals surface area contributed by atoms with Crippen LogP contribution >= 0.6 is 0 Å². The van der Waals surface area contributed by atoms with Gasteiger partial charge in [0.05, 0.1) is 13.1 Å². The van der Waals surface area contributed by atoms with Gasteiger partial charge in [0.2, 0.25) is 0 Å².